The Bertz CT molecular complexity index is 391. The third kappa shape index (κ3) is 4.57. The lowest BCUT2D eigenvalue weighted by Crippen LogP contribution is -2.38. The summed E-state index contributed by atoms with van der Waals surface area (Å²) in [6.07, 6.45) is 14.8. The monoisotopic (exact) mass is 291 g/mol. The first-order valence-corrected chi connectivity index (χ1v) is 8.95. The molecule has 1 N–H and O–H groups in total. The van der Waals surface area contributed by atoms with Crippen molar-refractivity contribution in [2.75, 3.05) is 7.05 Å². The maximum absolute atomic E-state index is 4.58. The third-order valence-electron chi connectivity index (χ3n) is 5.20. The van der Waals surface area contributed by atoms with Gasteiger partial charge >= 0.3 is 0 Å². The molecule has 3 heteroatoms. The quantitative estimate of drug-likeness (QED) is 0.783. The molecule has 1 fully saturated rings. The van der Waals surface area contributed by atoms with Crippen molar-refractivity contribution >= 4 is 0 Å². The Balaban J connectivity index is 1.90. The van der Waals surface area contributed by atoms with Crippen LogP contribution in [0.3, 0.4) is 0 Å². The van der Waals surface area contributed by atoms with Crippen molar-refractivity contribution < 1.29 is 0 Å². The van der Waals surface area contributed by atoms with Crippen molar-refractivity contribution in [3.05, 3.63) is 18.2 Å². The first-order chi connectivity index (χ1) is 10.3. The van der Waals surface area contributed by atoms with Crippen LogP contribution in [-0.4, -0.2) is 22.6 Å². The molecule has 0 amide bonds. The van der Waals surface area contributed by atoms with Crippen molar-refractivity contribution in [1.82, 2.24) is 14.9 Å². The molecule has 21 heavy (non-hydrogen) atoms. The van der Waals surface area contributed by atoms with Crippen molar-refractivity contribution in [3.8, 4) is 0 Å². The summed E-state index contributed by atoms with van der Waals surface area (Å²) in [7, 11) is 2.12. The third-order valence-corrected chi connectivity index (χ3v) is 5.20. The molecular formula is C18H33N3. The van der Waals surface area contributed by atoms with Gasteiger partial charge in [0.05, 0.1) is 0 Å². The van der Waals surface area contributed by atoms with E-state index < -0.39 is 0 Å². The second-order valence-corrected chi connectivity index (χ2v) is 6.71. The fraction of sp³-hybridized carbons (Fsp3) is 0.833. The van der Waals surface area contributed by atoms with Crippen molar-refractivity contribution in [2.45, 2.75) is 77.8 Å². The summed E-state index contributed by atoms with van der Waals surface area (Å²) < 4.78 is 2.33. The van der Waals surface area contributed by atoms with E-state index in [0.717, 1.165) is 24.8 Å². The summed E-state index contributed by atoms with van der Waals surface area (Å²) in [5.74, 6) is 3.08. The number of nitrogens with zero attached hydrogens (tertiary/aromatic N) is 2. The molecule has 1 aromatic rings. The van der Waals surface area contributed by atoms with Gasteiger partial charge in [-0.3, -0.25) is 0 Å². The van der Waals surface area contributed by atoms with Gasteiger partial charge in [-0.05, 0) is 38.1 Å². The number of hydrogen-bond donors (Lipinski definition) is 1. The molecule has 1 aliphatic rings. The van der Waals surface area contributed by atoms with Crippen LogP contribution in [-0.2, 0) is 13.0 Å². The van der Waals surface area contributed by atoms with Crippen LogP contribution in [0.25, 0.3) is 0 Å². The minimum Gasteiger partial charge on any atom is -0.335 e. The fourth-order valence-electron chi connectivity index (χ4n) is 3.96. The molecule has 0 radical (unpaired) electrons. The van der Waals surface area contributed by atoms with Gasteiger partial charge in [0.25, 0.3) is 0 Å². The zero-order chi connectivity index (χ0) is 15.1. The molecule has 1 saturated carbocycles. The van der Waals surface area contributed by atoms with Gasteiger partial charge in [-0.2, -0.15) is 0 Å². The summed E-state index contributed by atoms with van der Waals surface area (Å²) in [6, 6.07) is 0.589. The van der Waals surface area contributed by atoms with Gasteiger partial charge in [0.2, 0.25) is 0 Å². The average molecular weight is 291 g/mol. The first kappa shape index (κ1) is 16.5. The Morgan fingerprint density at radius 2 is 2.00 bits per heavy atom. The van der Waals surface area contributed by atoms with E-state index in [-0.39, 0.29) is 0 Å². The van der Waals surface area contributed by atoms with Crippen LogP contribution in [0.5, 0.6) is 0 Å². The predicted molar refractivity (Wildman–Crippen MR) is 89.4 cm³/mol. The molecule has 1 aromatic heterocycles. The smallest absolute Gasteiger partial charge is 0.110 e. The van der Waals surface area contributed by atoms with E-state index in [1.807, 2.05) is 6.20 Å². The molecular weight excluding hydrogens is 258 g/mol. The predicted octanol–water partition coefficient (Wildman–Crippen LogP) is 4.03. The first-order valence-electron chi connectivity index (χ1n) is 8.95. The molecule has 1 unspecified atom stereocenters. The van der Waals surface area contributed by atoms with Crippen LogP contribution in [0.2, 0.25) is 0 Å². The van der Waals surface area contributed by atoms with E-state index in [9.17, 15) is 0 Å². The molecule has 0 bridgehead atoms. The van der Waals surface area contributed by atoms with Crippen molar-refractivity contribution in [1.29, 1.82) is 0 Å². The number of aryl methyl sites for hydroxylation is 1. The Labute approximate surface area is 130 Å². The SMILES string of the molecule is CCCC1CCC(C(Cc2nccn2CCC)NC)CC1. The van der Waals surface area contributed by atoms with E-state index in [4.69, 9.17) is 0 Å². The van der Waals surface area contributed by atoms with Gasteiger partial charge in [0.15, 0.2) is 0 Å². The summed E-state index contributed by atoms with van der Waals surface area (Å²) in [6.45, 7) is 5.64. The van der Waals surface area contributed by atoms with E-state index in [2.05, 4.69) is 42.0 Å². The molecule has 120 valence electrons. The lowest BCUT2D eigenvalue weighted by molar-refractivity contribution is 0.215. The van der Waals surface area contributed by atoms with Gasteiger partial charge in [-0.25, -0.2) is 4.98 Å². The summed E-state index contributed by atoms with van der Waals surface area (Å²) in [5, 5.41) is 3.57. The Morgan fingerprint density at radius 3 is 2.62 bits per heavy atom. The van der Waals surface area contributed by atoms with Crippen LogP contribution in [0.4, 0.5) is 0 Å². The van der Waals surface area contributed by atoms with Gasteiger partial charge in [0, 0.05) is 31.4 Å². The zero-order valence-electron chi connectivity index (χ0n) is 14.1. The van der Waals surface area contributed by atoms with E-state index >= 15 is 0 Å². The van der Waals surface area contributed by atoms with Crippen LogP contribution in [0.1, 0.15) is 64.6 Å². The number of nitrogens with one attached hydrogen (secondary N) is 1. The minimum atomic E-state index is 0.589. The highest BCUT2D eigenvalue weighted by molar-refractivity contribution is 4.97. The molecule has 0 saturated heterocycles. The number of aromatic nitrogens is 2. The van der Waals surface area contributed by atoms with Crippen molar-refractivity contribution in [2.24, 2.45) is 11.8 Å². The maximum atomic E-state index is 4.58. The topological polar surface area (TPSA) is 29.9 Å². The highest BCUT2D eigenvalue weighted by Crippen LogP contribution is 2.33. The highest BCUT2D eigenvalue weighted by Gasteiger charge is 2.27. The number of likely N-dealkylation sites (N-methyl/N-ethyl adjacent to an activating group) is 1. The number of rotatable bonds is 8. The van der Waals surface area contributed by atoms with Gasteiger partial charge in [-0.1, -0.05) is 39.5 Å². The molecule has 2 rings (SSSR count). The molecule has 3 nitrogen and oxygen atoms in total. The fourth-order valence-corrected chi connectivity index (χ4v) is 3.96. The normalized spacial score (nSPS) is 24.1. The standard InChI is InChI=1S/C18H33N3/c1-4-6-15-7-9-16(10-8-15)17(19-3)14-18-20-11-13-21(18)12-5-2/h11,13,15-17,19H,4-10,12,14H2,1-3H3. The van der Waals surface area contributed by atoms with Crippen molar-refractivity contribution in [3.63, 3.8) is 0 Å². The summed E-state index contributed by atoms with van der Waals surface area (Å²) in [4.78, 5) is 4.58. The number of hydrogen-bond acceptors (Lipinski definition) is 2. The molecule has 0 aromatic carbocycles. The minimum absolute atomic E-state index is 0.589. The lowest BCUT2D eigenvalue weighted by Gasteiger charge is -2.33. The second-order valence-electron chi connectivity index (χ2n) is 6.71. The molecule has 1 heterocycles. The highest BCUT2D eigenvalue weighted by atomic mass is 15.1. The van der Waals surface area contributed by atoms with Gasteiger partial charge in [-0.15, -0.1) is 0 Å². The Morgan fingerprint density at radius 1 is 1.24 bits per heavy atom. The van der Waals surface area contributed by atoms with Crippen LogP contribution < -0.4 is 5.32 Å². The van der Waals surface area contributed by atoms with E-state index in [1.165, 1.54) is 50.8 Å². The van der Waals surface area contributed by atoms with Gasteiger partial charge in [0.1, 0.15) is 5.82 Å². The van der Waals surface area contributed by atoms with Crippen LogP contribution >= 0.6 is 0 Å². The van der Waals surface area contributed by atoms with E-state index in [0.29, 0.717) is 6.04 Å². The summed E-state index contributed by atoms with van der Waals surface area (Å²) >= 11 is 0. The van der Waals surface area contributed by atoms with E-state index in [1.54, 1.807) is 0 Å². The Hall–Kier alpha value is -0.830. The Kier molecular flexibility index (Phi) is 6.75. The van der Waals surface area contributed by atoms with Crippen LogP contribution in [0, 0.1) is 11.8 Å². The molecule has 1 atom stereocenters. The van der Waals surface area contributed by atoms with Crippen LogP contribution in [0.15, 0.2) is 12.4 Å². The second kappa shape index (κ2) is 8.57. The molecule has 0 aliphatic heterocycles. The largest absolute Gasteiger partial charge is 0.335 e. The average Bonchev–Trinajstić information content (AvgIpc) is 2.94. The lowest BCUT2D eigenvalue weighted by atomic mass is 9.76. The maximum Gasteiger partial charge on any atom is 0.110 e. The molecule has 1 aliphatic carbocycles. The zero-order valence-corrected chi connectivity index (χ0v) is 14.1. The molecule has 0 spiro atoms. The van der Waals surface area contributed by atoms with Gasteiger partial charge < -0.3 is 9.88 Å². The number of imidazole rings is 1. The summed E-state index contributed by atoms with van der Waals surface area (Å²) in [5.41, 5.74) is 0.